The minimum absolute atomic E-state index is 0.325. The quantitative estimate of drug-likeness (QED) is 0.743. The zero-order chi connectivity index (χ0) is 14.4. The van der Waals surface area contributed by atoms with Gasteiger partial charge in [-0.1, -0.05) is 13.3 Å². The summed E-state index contributed by atoms with van der Waals surface area (Å²) in [5.74, 6) is -0.371. The third-order valence-electron chi connectivity index (χ3n) is 3.39. The van der Waals surface area contributed by atoms with Crippen LogP contribution < -0.4 is 4.74 Å². The highest BCUT2D eigenvalue weighted by Gasteiger charge is 2.18. The number of aromatic carboxylic acids is 1. The minimum Gasteiger partial charge on any atom is -0.492 e. The van der Waals surface area contributed by atoms with Crippen LogP contribution in [0.4, 0.5) is 0 Å². The number of rotatable bonds is 8. The van der Waals surface area contributed by atoms with Crippen LogP contribution in [0.15, 0.2) is 6.07 Å². The standard InChI is InChI=1S/C15H22O4S/c1-2-5-12-10-13(14(20-12)15(16)17)19-9-4-7-11-6-3-8-18-11/h10-11H,2-9H2,1H3,(H,16,17). The van der Waals surface area contributed by atoms with Gasteiger partial charge < -0.3 is 14.6 Å². The van der Waals surface area contributed by atoms with E-state index in [2.05, 4.69) is 6.92 Å². The average Bonchev–Trinajstić information content (AvgIpc) is 3.04. The van der Waals surface area contributed by atoms with Gasteiger partial charge in [0.1, 0.15) is 5.75 Å². The Kier molecular flexibility index (Phi) is 5.86. The van der Waals surface area contributed by atoms with E-state index < -0.39 is 5.97 Å². The Hall–Kier alpha value is -1.07. The molecule has 112 valence electrons. The molecule has 0 aromatic carbocycles. The van der Waals surface area contributed by atoms with Crippen molar-refractivity contribution in [3.05, 3.63) is 15.8 Å². The van der Waals surface area contributed by atoms with Crippen molar-refractivity contribution in [3.63, 3.8) is 0 Å². The van der Waals surface area contributed by atoms with Crippen LogP contribution in [0.3, 0.4) is 0 Å². The first-order valence-electron chi connectivity index (χ1n) is 7.31. The predicted molar refractivity (Wildman–Crippen MR) is 79.0 cm³/mol. The van der Waals surface area contributed by atoms with E-state index in [1.807, 2.05) is 6.07 Å². The Morgan fingerprint density at radius 3 is 3.10 bits per heavy atom. The van der Waals surface area contributed by atoms with Gasteiger partial charge in [0.15, 0.2) is 4.88 Å². The zero-order valence-electron chi connectivity index (χ0n) is 11.9. The summed E-state index contributed by atoms with van der Waals surface area (Å²) in [7, 11) is 0. The van der Waals surface area contributed by atoms with Crippen LogP contribution in [0.1, 0.15) is 53.6 Å². The molecule has 2 heterocycles. The molecule has 1 aromatic rings. The number of carbonyl (C=O) groups is 1. The van der Waals surface area contributed by atoms with Crippen molar-refractivity contribution in [1.29, 1.82) is 0 Å². The zero-order valence-corrected chi connectivity index (χ0v) is 12.7. The van der Waals surface area contributed by atoms with Crippen molar-refractivity contribution in [2.45, 2.75) is 51.6 Å². The molecule has 5 heteroatoms. The summed E-state index contributed by atoms with van der Waals surface area (Å²) in [5.41, 5.74) is 0. The lowest BCUT2D eigenvalue weighted by atomic mass is 10.1. The molecule has 20 heavy (non-hydrogen) atoms. The molecule has 0 amide bonds. The van der Waals surface area contributed by atoms with Crippen LogP contribution in [0.25, 0.3) is 0 Å². The number of thiophene rings is 1. The summed E-state index contributed by atoms with van der Waals surface area (Å²) in [5, 5.41) is 9.19. The Labute approximate surface area is 123 Å². The molecule has 0 saturated carbocycles. The second-order valence-corrected chi connectivity index (χ2v) is 6.22. The number of ether oxygens (including phenoxy) is 2. The fourth-order valence-corrected chi connectivity index (χ4v) is 3.45. The maximum atomic E-state index is 11.2. The first kappa shape index (κ1) is 15.3. The molecular weight excluding hydrogens is 276 g/mol. The molecule has 1 unspecified atom stereocenters. The summed E-state index contributed by atoms with van der Waals surface area (Å²) in [6.45, 7) is 3.52. The van der Waals surface area contributed by atoms with Crippen molar-refractivity contribution in [2.24, 2.45) is 0 Å². The number of aryl methyl sites for hydroxylation is 1. The largest absolute Gasteiger partial charge is 0.492 e. The molecule has 1 aliphatic rings. The van der Waals surface area contributed by atoms with Gasteiger partial charge >= 0.3 is 5.97 Å². The number of carboxylic acid groups (broad SMARTS) is 1. The molecule has 1 fully saturated rings. The third kappa shape index (κ3) is 4.21. The topological polar surface area (TPSA) is 55.8 Å². The first-order valence-corrected chi connectivity index (χ1v) is 8.12. The van der Waals surface area contributed by atoms with Crippen molar-refractivity contribution in [2.75, 3.05) is 13.2 Å². The van der Waals surface area contributed by atoms with Crippen molar-refractivity contribution >= 4 is 17.3 Å². The molecule has 1 saturated heterocycles. The van der Waals surface area contributed by atoms with E-state index in [9.17, 15) is 9.90 Å². The molecule has 2 rings (SSSR count). The molecule has 0 aliphatic carbocycles. The molecule has 0 bridgehead atoms. The van der Waals surface area contributed by atoms with E-state index >= 15 is 0 Å². The number of carboxylic acids is 1. The second-order valence-electron chi connectivity index (χ2n) is 5.09. The van der Waals surface area contributed by atoms with Crippen molar-refractivity contribution < 1.29 is 19.4 Å². The Morgan fingerprint density at radius 2 is 2.45 bits per heavy atom. The summed E-state index contributed by atoms with van der Waals surface area (Å²) in [6.07, 6.45) is 6.48. The molecule has 1 aliphatic heterocycles. The molecule has 4 nitrogen and oxygen atoms in total. The van der Waals surface area contributed by atoms with Gasteiger partial charge in [-0.3, -0.25) is 0 Å². The van der Waals surface area contributed by atoms with E-state index in [1.165, 1.54) is 11.3 Å². The SMILES string of the molecule is CCCc1cc(OCCCC2CCCO2)c(C(=O)O)s1. The third-order valence-corrected chi connectivity index (χ3v) is 4.56. The Balaban J connectivity index is 1.82. The molecule has 1 aromatic heterocycles. The highest BCUT2D eigenvalue weighted by atomic mass is 32.1. The summed E-state index contributed by atoms with van der Waals surface area (Å²) in [4.78, 5) is 12.6. The molecule has 1 N–H and O–H groups in total. The molecule has 0 spiro atoms. The van der Waals surface area contributed by atoms with Crippen molar-refractivity contribution in [1.82, 2.24) is 0 Å². The van der Waals surface area contributed by atoms with Gasteiger partial charge in [-0.25, -0.2) is 4.79 Å². The van der Waals surface area contributed by atoms with Crippen LogP contribution in [0.5, 0.6) is 5.75 Å². The maximum Gasteiger partial charge on any atom is 0.349 e. The minimum atomic E-state index is -0.897. The lowest BCUT2D eigenvalue weighted by molar-refractivity contribution is 0.0696. The van der Waals surface area contributed by atoms with E-state index in [-0.39, 0.29) is 0 Å². The Morgan fingerprint density at radius 1 is 1.60 bits per heavy atom. The molecule has 0 radical (unpaired) electrons. The van der Waals surface area contributed by atoms with Crippen LogP contribution in [0, 0.1) is 0 Å². The van der Waals surface area contributed by atoms with Crippen LogP contribution in [-0.4, -0.2) is 30.4 Å². The van der Waals surface area contributed by atoms with Crippen molar-refractivity contribution in [3.8, 4) is 5.75 Å². The monoisotopic (exact) mass is 298 g/mol. The molecular formula is C15H22O4S. The predicted octanol–water partition coefficient (Wildman–Crippen LogP) is 3.74. The average molecular weight is 298 g/mol. The highest BCUT2D eigenvalue weighted by molar-refractivity contribution is 7.14. The number of hydrogen-bond donors (Lipinski definition) is 1. The fourth-order valence-electron chi connectivity index (χ4n) is 2.41. The first-order chi connectivity index (χ1) is 9.70. The Bertz CT molecular complexity index is 435. The van der Waals surface area contributed by atoms with Gasteiger partial charge in [0, 0.05) is 11.5 Å². The highest BCUT2D eigenvalue weighted by Crippen LogP contribution is 2.30. The van der Waals surface area contributed by atoms with Gasteiger partial charge in [-0.2, -0.15) is 0 Å². The van der Waals surface area contributed by atoms with E-state index in [0.717, 1.165) is 50.0 Å². The summed E-state index contributed by atoms with van der Waals surface area (Å²) >= 11 is 1.33. The van der Waals surface area contributed by atoms with Gasteiger partial charge in [-0.05, 0) is 38.2 Å². The van der Waals surface area contributed by atoms with Crippen LogP contribution >= 0.6 is 11.3 Å². The van der Waals surface area contributed by atoms with Crippen LogP contribution in [0.2, 0.25) is 0 Å². The van der Waals surface area contributed by atoms with Crippen LogP contribution in [-0.2, 0) is 11.2 Å². The fraction of sp³-hybridized carbons (Fsp3) is 0.667. The van der Waals surface area contributed by atoms with Gasteiger partial charge in [0.05, 0.1) is 12.7 Å². The van der Waals surface area contributed by atoms with Gasteiger partial charge in [0.25, 0.3) is 0 Å². The molecule has 1 atom stereocenters. The second kappa shape index (κ2) is 7.64. The lowest BCUT2D eigenvalue weighted by Gasteiger charge is -2.09. The van der Waals surface area contributed by atoms with E-state index in [4.69, 9.17) is 9.47 Å². The number of hydrogen-bond acceptors (Lipinski definition) is 4. The normalized spacial score (nSPS) is 18.4. The van der Waals surface area contributed by atoms with Gasteiger partial charge in [-0.15, -0.1) is 11.3 Å². The smallest absolute Gasteiger partial charge is 0.349 e. The van der Waals surface area contributed by atoms with E-state index in [0.29, 0.717) is 23.3 Å². The van der Waals surface area contributed by atoms with E-state index in [1.54, 1.807) is 0 Å². The summed E-state index contributed by atoms with van der Waals surface area (Å²) < 4.78 is 11.2. The maximum absolute atomic E-state index is 11.2. The lowest BCUT2D eigenvalue weighted by Crippen LogP contribution is -2.08. The summed E-state index contributed by atoms with van der Waals surface area (Å²) in [6, 6.07) is 1.88. The van der Waals surface area contributed by atoms with Gasteiger partial charge in [0.2, 0.25) is 0 Å².